The van der Waals surface area contributed by atoms with Gasteiger partial charge in [-0.1, -0.05) is 0 Å². The van der Waals surface area contributed by atoms with Gasteiger partial charge >= 0.3 is 12.3 Å². The molecule has 0 aliphatic carbocycles. The Morgan fingerprint density at radius 2 is 1.70 bits per heavy atom. The van der Waals surface area contributed by atoms with Crippen LogP contribution in [0.4, 0.5) is 17.6 Å². The van der Waals surface area contributed by atoms with Crippen LogP contribution >= 0.6 is 0 Å². The highest BCUT2D eigenvalue weighted by Gasteiger charge is 2.31. The Morgan fingerprint density at radius 3 is 2.30 bits per heavy atom. The molecule has 122 valence electrons. The first-order valence-corrected chi connectivity index (χ1v) is 6.17. The van der Waals surface area contributed by atoms with Gasteiger partial charge in [-0.05, 0) is 41.5 Å². The minimum absolute atomic E-state index is 0.0360. The number of hydrogen-bond acceptors (Lipinski definition) is 4. The molecule has 0 aliphatic rings. The van der Waals surface area contributed by atoms with Crippen molar-refractivity contribution in [2.45, 2.75) is 6.36 Å². The highest BCUT2D eigenvalue weighted by atomic mass is 19.4. The van der Waals surface area contributed by atoms with Crippen molar-refractivity contribution in [2.75, 3.05) is 7.11 Å². The number of carbonyl (C=O) groups excluding carboxylic acids is 1. The van der Waals surface area contributed by atoms with E-state index in [1.165, 1.54) is 6.07 Å². The Kier molecular flexibility index (Phi) is 4.44. The minimum atomic E-state index is -4.94. The van der Waals surface area contributed by atoms with E-state index < -0.39 is 29.6 Å². The van der Waals surface area contributed by atoms with Gasteiger partial charge in [0, 0.05) is 6.07 Å². The molecule has 0 fully saturated rings. The zero-order chi connectivity index (χ0) is 17.2. The number of methoxy groups -OCH3 is 1. The number of halogens is 4. The fraction of sp³-hybridized carbons (Fsp3) is 0.133. The van der Waals surface area contributed by atoms with Crippen molar-refractivity contribution in [2.24, 2.45) is 0 Å². The van der Waals surface area contributed by atoms with Gasteiger partial charge in [0.05, 0.1) is 12.7 Å². The lowest BCUT2D eigenvalue weighted by Crippen LogP contribution is -2.17. The number of hydrogen-bond donors (Lipinski definition) is 1. The molecule has 0 bridgehead atoms. The Bertz CT molecular complexity index is 741. The molecule has 0 unspecified atom stereocenters. The average Bonchev–Trinajstić information content (AvgIpc) is 2.43. The Balaban J connectivity index is 2.49. The van der Waals surface area contributed by atoms with Crippen LogP contribution in [0.5, 0.6) is 11.5 Å². The Hall–Kier alpha value is -2.77. The van der Waals surface area contributed by atoms with E-state index >= 15 is 0 Å². The molecule has 0 amide bonds. The summed E-state index contributed by atoms with van der Waals surface area (Å²) in [7, 11) is 1.11. The number of aromatic hydroxyl groups is 1. The molecule has 8 heteroatoms. The number of alkyl halides is 3. The lowest BCUT2D eigenvalue weighted by atomic mass is 10.0. The summed E-state index contributed by atoms with van der Waals surface area (Å²) in [5, 5.41) is 9.51. The third-order valence-corrected chi connectivity index (χ3v) is 2.78. The summed E-state index contributed by atoms with van der Waals surface area (Å²) in [5.74, 6) is -2.77. The molecular formula is C15H10F4O4. The largest absolute Gasteiger partial charge is 0.573 e. The molecule has 0 aromatic heterocycles. The number of phenols is 1. The lowest BCUT2D eigenvalue weighted by molar-refractivity contribution is -0.274. The number of benzene rings is 2. The summed E-state index contributed by atoms with van der Waals surface area (Å²) in [6.07, 6.45) is -4.94. The SMILES string of the molecule is COC(=O)c1cc(F)cc(-c2cc(O)cc(OC(F)(F)F)c2)c1. The number of esters is 1. The van der Waals surface area contributed by atoms with Gasteiger partial charge in [0.1, 0.15) is 17.3 Å². The fourth-order valence-corrected chi connectivity index (χ4v) is 1.93. The van der Waals surface area contributed by atoms with Crippen LogP contribution in [0.25, 0.3) is 11.1 Å². The molecule has 4 nitrogen and oxygen atoms in total. The lowest BCUT2D eigenvalue weighted by Gasteiger charge is -2.11. The average molecular weight is 330 g/mol. The van der Waals surface area contributed by atoms with Crippen molar-refractivity contribution in [3.63, 3.8) is 0 Å². The van der Waals surface area contributed by atoms with Crippen LogP contribution in [-0.4, -0.2) is 24.5 Å². The third kappa shape index (κ3) is 4.35. The molecule has 0 atom stereocenters. The molecule has 2 aromatic carbocycles. The van der Waals surface area contributed by atoms with E-state index in [-0.39, 0.29) is 16.7 Å². The standard InChI is InChI=1S/C15H10F4O4/c1-22-14(21)10-2-8(3-11(16)4-10)9-5-12(20)7-13(6-9)23-15(17,18)19/h2-7,20H,1H3. The smallest absolute Gasteiger partial charge is 0.508 e. The van der Waals surface area contributed by atoms with Crippen LogP contribution in [0, 0.1) is 5.82 Å². The van der Waals surface area contributed by atoms with Gasteiger partial charge in [-0.2, -0.15) is 0 Å². The highest BCUT2D eigenvalue weighted by molar-refractivity contribution is 5.91. The van der Waals surface area contributed by atoms with Crippen LogP contribution in [0.15, 0.2) is 36.4 Å². The summed E-state index contributed by atoms with van der Waals surface area (Å²) in [6, 6.07) is 5.98. The van der Waals surface area contributed by atoms with Crippen LogP contribution in [0.2, 0.25) is 0 Å². The summed E-state index contributed by atoms with van der Waals surface area (Å²) < 4.78 is 58.6. The monoisotopic (exact) mass is 330 g/mol. The summed E-state index contributed by atoms with van der Waals surface area (Å²) >= 11 is 0. The molecule has 0 aliphatic heterocycles. The van der Waals surface area contributed by atoms with Crippen LogP contribution in [-0.2, 0) is 4.74 Å². The highest BCUT2D eigenvalue weighted by Crippen LogP contribution is 2.33. The van der Waals surface area contributed by atoms with Crippen LogP contribution in [0.1, 0.15) is 10.4 Å². The fourth-order valence-electron chi connectivity index (χ4n) is 1.93. The van der Waals surface area contributed by atoms with Crippen molar-refractivity contribution in [1.29, 1.82) is 0 Å². The Labute approximate surface area is 127 Å². The number of ether oxygens (including phenoxy) is 2. The zero-order valence-electron chi connectivity index (χ0n) is 11.6. The number of carbonyl (C=O) groups is 1. The van der Waals surface area contributed by atoms with Crippen LogP contribution < -0.4 is 4.74 Å². The molecule has 23 heavy (non-hydrogen) atoms. The van der Waals surface area contributed by atoms with Gasteiger partial charge in [0.15, 0.2) is 0 Å². The predicted molar refractivity (Wildman–Crippen MR) is 71.5 cm³/mol. The zero-order valence-corrected chi connectivity index (χ0v) is 11.6. The number of phenolic OH excluding ortho intramolecular Hbond substituents is 1. The first kappa shape index (κ1) is 16.6. The van der Waals surface area contributed by atoms with Gasteiger partial charge in [0.25, 0.3) is 0 Å². The summed E-state index contributed by atoms with van der Waals surface area (Å²) in [5.41, 5.74) is -0.00800. The molecule has 0 heterocycles. The van der Waals surface area contributed by atoms with E-state index in [9.17, 15) is 27.5 Å². The quantitative estimate of drug-likeness (QED) is 0.685. The van der Waals surface area contributed by atoms with Gasteiger partial charge in [-0.3, -0.25) is 0 Å². The van der Waals surface area contributed by atoms with Crippen molar-refractivity contribution >= 4 is 5.97 Å². The van der Waals surface area contributed by atoms with Gasteiger partial charge in [-0.25, -0.2) is 9.18 Å². The van der Waals surface area contributed by atoms with Crippen molar-refractivity contribution in [3.8, 4) is 22.6 Å². The van der Waals surface area contributed by atoms with E-state index in [1.54, 1.807) is 0 Å². The van der Waals surface area contributed by atoms with Crippen molar-refractivity contribution in [1.82, 2.24) is 0 Å². The third-order valence-electron chi connectivity index (χ3n) is 2.78. The molecule has 0 saturated heterocycles. The van der Waals surface area contributed by atoms with E-state index in [1.807, 2.05) is 0 Å². The van der Waals surface area contributed by atoms with E-state index in [0.717, 1.165) is 37.4 Å². The first-order chi connectivity index (χ1) is 10.7. The van der Waals surface area contributed by atoms with E-state index in [0.29, 0.717) is 0 Å². The molecule has 0 radical (unpaired) electrons. The molecule has 1 N–H and O–H groups in total. The van der Waals surface area contributed by atoms with E-state index in [4.69, 9.17) is 0 Å². The maximum Gasteiger partial charge on any atom is 0.573 e. The maximum atomic E-state index is 13.6. The first-order valence-electron chi connectivity index (χ1n) is 6.17. The maximum absolute atomic E-state index is 13.6. The molecule has 0 saturated carbocycles. The van der Waals surface area contributed by atoms with Crippen LogP contribution in [0.3, 0.4) is 0 Å². The molecule has 2 aromatic rings. The molecule has 2 rings (SSSR count). The van der Waals surface area contributed by atoms with E-state index in [2.05, 4.69) is 9.47 Å². The second-order valence-electron chi connectivity index (χ2n) is 4.48. The van der Waals surface area contributed by atoms with Gasteiger partial charge in [-0.15, -0.1) is 13.2 Å². The van der Waals surface area contributed by atoms with Gasteiger partial charge < -0.3 is 14.6 Å². The van der Waals surface area contributed by atoms with Gasteiger partial charge in [0.2, 0.25) is 0 Å². The molecular weight excluding hydrogens is 320 g/mol. The predicted octanol–water partition coefficient (Wildman–Crippen LogP) is 3.88. The normalized spacial score (nSPS) is 11.2. The second-order valence-corrected chi connectivity index (χ2v) is 4.48. The molecule has 0 spiro atoms. The second kappa shape index (κ2) is 6.15. The Morgan fingerprint density at radius 1 is 1.04 bits per heavy atom. The number of rotatable bonds is 3. The topological polar surface area (TPSA) is 55.8 Å². The van der Waals surface area contributed by atoms with Crippen molar-refractivity contribution in [3.05, 3.63) is 47.8 Å². The summed E-state index contributed by atoms with van der Waals surface area (Å²) in [6.45, 7) is 0. The van der Waals surface area contributed by atoms with Crippen molar-refractivity contribution < 1.29 is 36.9 Å². The minimum Gasteiger partial charge on any atom is -0.508 e. The summed E-state index contributed by atoms with van der Waals surface area (Å²) in [4.78, 5) is 11.5.